The number of hydrogen-bond donors (Lipinski definition) is 1. The largest absolute Gasteiger partial charge is 0.460 e. The Morgan fingerprint density at radius 2 is 2.03 bits per heavy atom. The maximum atomic E-state index is 12.8. The highest BCUT2D eigenvalue weighted by Crippen LogP contribution is 2.51. The Kier molecular flexibility index (Phi) is 7.18. The first-order chi connectivity index (χ1) is 14.6. The molecular formula is C18H18Cl3N5O4S. The van der Waals surface area contributed by atoms with Crippen molar-refractivity contribution in [1.29, 1.82) is 0 Å². The fourth-order valence-corrected chi connectivity index (χ4v) is 5.40. The van der Waals surface area contributed by atoms with Crippen molar-refractivity contribution >= 4 is 64.3 Å². The number of β-lactam (4-membered cyclic amide) rings is 1. The average Bonchev–Trinajstić information content (AvgIpc) is 2.99. The van der Waals surface area contributed by atoms with Crippen LogP contribution in [0.1, 0.15) is 12.5 Å². The molecule has 4 atom stereocenters. The van der Waals surface area contributed by atoms with E-state index in [4.69, 9.17) is 45.1 Å². The lowest BCUT2D eigenvalue weighted by Crippen LogP contribution is -2.71. The van der Waals surface area contributed by atoms with Gasteiger partial charge in [-0.3, -0.25) is 9.59 Å². The van der Waals surface area contributed by atoms with Crippen LogP contribution in [0.25, 0.3) is 10.4 Å². The summed E-state index contributed by atoms with van der Waals surface area (Å²) in [5.41, 5.74) is 9.54. The molecule has 2 saturated heterocycles. The predicted molar refractivity (Wildman–Crippen MR) is 118 cm³/mol. The minimum absolute atomic E-state index is 0.0767. The number of benzene rings is 1. The number of amides is 2. The molecule has 2 fully saturated rings. The van der Waals surface area contributed by atoms with Crippen molar-refractivity contribution in [1.82, 2.24) is 10.2 Å². The first-order valence-corrected chi connectivity index (χ1v) is 11.1. The number of carbonyl (C=O) groups is 3. The molecule has 2 aliphatic heterocycles. The summed E-state index contributed by atoms with van der Waals surface area (Å²) in [6, 6.07) is 7.24. The van der Waals surface area contributed by atoms with Crippen LogP contribution in [0.5, 0.6) is 0 Å². The molecule has 31 heavy (non-hydrogen) atoms. The molecule has 3 rings (SSSR count). The number of thioether (sulfide) groups is 1. The molecular weight excluding hydrogens is 489 g/mol. The molecule has 13 heteroatoms. The van der Waals surface area contributed by atoms with Crippen molar-refractivity contribution in [3.8, 4) is 0 Å². The first-order valence-electron chi connectivity index (χ1n) is 9.13. The van der Waals surface area contributed by atoms with Gasteiger partial charge in [0.1, 0.15) is 24.1 Å². The van der Waals surface area contributed by atoms with E-state index in [1.54, 1.807) is 6.92 Å². The zero-order chi connectivity index (χ0) is 22.8. The van der Waals surface area contributed by atoms with Gasteiger partial charge in [-0.25, -0.2) is 4.79 Å². The number of fused-ring (bicyclic) bond motifs is 1. The second kappa shape index (κ2) is 9.34. The maximum Gasteiger partial charge on any atom is 0.330 e. The number of halogens is 3. The van der Waals surface area contributed by atoms with Gasteiger partial charge in [0.25, 0.3) is 0 Å². The second-order valence-corrected chi connectivity index (χ2v) is 11.5. The Morgan fingerprint density at radius 3 is 2.65 bits per heavy atom. The molecule has 0 bridgehead atoms. The molecule has 4 unspecified atom stereocenters. The summed E-state index contributed by atoms with van der Waals surface area (Å²) in [6.07, 6.45) is 0.118. The van der Waals surface area contributed by atoms with Gasteiger partial charge in [-0.05, 0) is 18.0 Å². The summed E-state index contributed by atoms with van der Waals surface area (Å²) < 4.78 is 2.31. The van der Waals surface area contributed by atoms with E-state index < -0.39 is 44.5 Å². The lowest BCUT2D eigenvalue weighted by atomic mass is 9.94. The highest BCUT2D eigenvalue weighted by molar-refractivity contribution is 8.01. The molecule has 2 aliphatic rings. The van der Waals surface area contributed by atoms with Gasteiger partial charge in [0.05, 0.1) is 11.2 Å². The van der Waals surface area contributed by atoms with Crippen LogP contribution in [0, 0.1) is 0 Å². The summed E-state index contributed by atoms with van der Waals surface area (Å²) in [7, 11) is 0. The van der Waals surface area contributed by atoms with Crippen molar-refractivity contribution in [2.24, 2.45) is 5.11 Å². The van der Waals surface area contributed by atoms with Crippen LogP contribution < -0.4 is 5.32 Å². The highest BCUT2D eigenvalue weighted by Gasteiger charge is 2.65. The normalized spacial score (nSPS) is 27.0. The molecule has 0 spiro atoms. The highest BCUT2D eigenvalue weighted by atomic mass is 35.6. The van der Waals surface area contributed by atoms with Gasteiger partial charge in [-0.2, -0.15) is 0 Å². The fourth-order valence-electron chi connectivity index (χ4n) is 3.55. The molecule has 2 heterocycles. The molecule has 0 radical (unpaired) electrons. The summed E-state index contributed by atoms with van der Waals surface area (Å²) in [4.78, 5) is 42.1. The summed E-state index contributed by atoms with van der Waals surface area (Å²) >= 11 is 18.2. The van der Waals surface area contributed by atoms with Gasteiger partial charge in [-0.1, -0.05) is 70.2 Å². The minimum atomic E-state index is -1.81. The van der Waals surface area contributed by atoms with Gasteiger partial charge in [-0.15, -0.1) is 11.8 Å². The van der Waals surface area contributed by atoms with E-state index in [9.17, 15) is 14.4 Å². The smallest absolute Gasteiger partial charge is 0.330 e. The van der Waals surface area contributed by atoms with Crippen molar-refractivity contribution in [3.05, 3.63) is 46.3 Å². The van der Waals surface area contributed by atoms with Gasteiger partial charge in [0.2, 0.25) is 15.6 Å². The Morgan fingerprint density at radius 1 is 1.35 bits per heavy atom. The zero-order valence-corrected chi connectivity index (χ0v) is 19.3. The Labute approximate surface area is 197 Å². The van der Waals surface area contributed by atoms with Crippen LogP contribution in [0.4, 0.5) is 0 Å². The van der Waals surface area contributed by atoms with E-state index in [0.717, 1.165) is 5.56 Å². The van der Waals surface area contributed by atoms with Crippen molar-refractivity contribution in [2.45, 2.75) is 39.3 Å². The van der Waals surface area contributed by atoms with E-state index in [0.29, 0.717) is 0 Å². The third kappa shape index (κ3) is 5.32. The number of esters is 1. The predicted octanol–water partition coefficient (Wildman–Crippen LogP) is 2.98. The van der Waals surface area contributed by atoms with Crippen LogP contribution in [0.3, 0.4) is 0 Å². The molecule has 0 aromatic heterocycles. The SMILES string of the molecule is CC1(CN=[N+]=[N-])SC2C(NC(=O)Cc3ccccc3)C(=O)N2C1C(=O)OCC(Cl)(Cl)Cl. The summed E-state index contributed by atoms with van der Waals surface area (Å²) in [5.74, 6) is -1.53. The monoisotopic (exact) mass is 505 g/mol. The number of azide groups is 1. The second-order valence-electron chi connectivity index (χ2n) is 7.29. The third-order valence-corrected chi connectivity index (χ3v) is 6.86. The molecule has 1 aromatic rings. The zero-order valence-electron chi connectivity index (χ0n) is 16.2. The van der Waals surface area contributed by atoms with Crippen molar-refractivity contribution in [3.63, 3.8) is 0 Å². The van der Waals surface area contributed by atoms with Crippen molar-refractivity contribution < 1.29 is 19.1 Å². The van der Waals surface area contributed by atoms with E-state index in [1.165, 1.54) is 16.7 Å². The Balaban J connectivity index is 1.73. The number of nitrogens with one attached hydrogen (secondary N) is 1. The van der Waals surface area contributed by atoms with Gasteiger partial charge < -0.3 is 15.0 Å². The van der Waals surface area contributed by atoms with Crippen LogP contribution in [-0.4, -0.2) is 61.8 Å². The molecule has 1 N–H and O–H groups in total. The number of carbonyl (C=O) groups excluding carboxylic acids is 3. The minimum Gasteiger partial charge on any atom is -0.460 e. The van der Waals surface area contributed by atoms with E-state index in [-0.39, 0.29) is 18.9 Å². The average molecular weight is 507 g/mol. The lowest BCUT2D eigenvalue weighted by molar-refractivity contribution is -0.164. The molecule has 9 nitrogen and oxygen atoms in total. The van der Waals surface area contributed by atoms with Crippen LogP contribution in [0.2, 0.25) is 0 Å². The van der Waals surface area contributed by atoms with Crippen LogP contribution in [0.15, 0.2) is 35.4 Å². The number of nitrogens with zero attached hydrogens (tertiary/aromatic N) is 4. The summed E-state index contributed by atoms with van der Waals surface area (Å²) in [5, 5.41) is 5.79. The standard InChI is InChI=1S/C18H18Cl3N5O4S/c1-17(8-23-25-22)13(16(29)30-9-18(19,20)21)26-14(28)12(15(26)31-17)24-11(27)7-10-5-3-2-4-6-10/h2-6,12-13,15H,7-9H2,1H3,(H,24,27). The number of rotatable bonds is 7. The van der Waals surface area contributed by atoms with E-state index in [1.807, 2.05) is 30.3 Å². The topological polar surface area (TPSA) is 124 Å². The van der Waals surface area contributed by atoms with Gasteiger partial charge in [0.15, 0.2) is 0 Å². The molecule has 2 amide bonds. The lowest BCUT2D eigenvalue weighted by Gasteiger charge is -2.44. The third-order valence-electron chi connectivity index (χ3n) is 4.90. The number of hydrogen-bond acceptors (Lipinski definition) is 6. The number of ether oxygens (including phenoxy) is 1. The Hall–Kier alpha value is -1.84. The molecule has 1 aromatic carbocycles. The van der Waals surface area contributed by atoms with Crippen molar-refractivity contribution in [2.75, 3.05) is 13.2 Å². The van der Waals surface area contributed by atoms with Crippen LogP contribution in [-0.2, 0) is 25.5 Å². The van der Waals surface area contributed by atoms with E-state index in [2.05, 4.69) is 15.3 Å². The number of alkyl halides is 3. The van der Waals surface area contributed by atoms with Gasteiger partial charge in [0, 0.05) is 11.5 Å². The quantitative estimate of drug-likeness (QED) is 0.152. The molecule has 166 valence electrons. The van der Waals surface area contributed by atoms with E-state index >= 15 is 0 Å². The van der Waals surface area contributed by atoms with Crippen LogP contribution >= 0.6 is 46.6 Å². The first kappa shape index (κ1) is 23.8. The summed E-state index contributed by atoms with van der Waals surface area (Å²) in [6.45, 7) is 1.11. The molecule has 0 aliphatic carbocycles. The maximum absolute atomic E-state index is 12.8. The fraction of sp³-hybridized carbons (Fsp3) is 0.500. The van der Waals surface area contributed by atoms with Gasteiger partial charge >= 0.3 is 5.97 Å². The molecule has 0 saturated carbocycles. The Bertz CT molecular complexity index is 925.